The van der Waals surface area contributed by atoms with Crippen molar-refractivity contribution in [1.29, 1.82) is 0 Å². The smallest absolute Gasteiger partial charge is 0.311 e. The summed E-state index contributed by atoms with van der Waals surface area (Å²) in [7, 11) is 0. The molecule has 0 aromatic carbocycles. The molecule has 1 aliphatic carbocycles. The van der Waals surface area contributed by atoms with Crippen molar-refractivity contribution in [2.24, 2.45) is 5.92 Å². The van der Waals surface area contributed by atoms with Gasteiger partial charge in [-0.2, -0.15) is 14.4 Å². The minimum atomic E-state index is -0.913. The first kappa shape index (κ1) is 12.8. The fourth-order valence-corrected chi connectivity index (χ4v) is 2.94. The Morgan fingerprint density at radius 3 is 3.05 bits per heavy atom. The monoisotopic (exact) mass is 292 g/mol. The third kappa shape index (κ3) is 2.03. The van der Waals surface area contributed by atoms with Gasteiger partial charge in [0.2, 0.25) is 0 Å². The number of halogens is 2. The predicted octanol–water partition coefficient (Wildman–Crippen LogP) is 1.84. The first-order valence-corrected chi connectivity index (χ1v) is 6.98. The Hall–Kier alpha value is -1.89. The largest absolute Gasteiger partial charge is 0.379 e. The van der Waals surface area contributed by atoms with Crippen LogP contribution in [0.3, 0.4) is 0 Å². The predicted molar refractivity (Wildman–Crippen MR) is 72.0 cm³/mol. The molecule has 110 valence electrons. The quantitative estimate of drug-likeness (QED) is 0.751. The lowest BCUT2D eigenvalue weighted by Gasteiger charge is -2.23. The van der Waals surface area contributed by atoms with Crippen LogP contribution in [0.25, 0.3) is 10.9 Å². The van der Waals surface area contributed by atoms with E-state index in [1.165, 1.54) is 13.1 Å². The van der Waals surface area contributed by atoms with Crippen LogP contribution in [0.15, 0.2) is 6.20 Å². The van der Waals surface area contributed by atoms with Crippen LogP contribution in [0.1, 0.15) is 12.1 Å². The third-order valence-electron chi connectivity index (χ3n) is 4.18. The molecule has 3 heterocycles. The van der Waals surface area contributed by atoms with Crippen molar-refractivity contribution in [1.82, 2.24) is 15.0 Å². The summed E-state index contributed by atoms with van der Waals surface area (Å²) in [5.74, 6) is 0.277. The molecule has 1 saturated heterocycles. The van der Waals surface area contributed by atoms with E-state index in [4.69, 9.17) is 4.74 Å². The van der Waals surface area contributed by atoms with Gasteiger partial charge in [0.1, 0.15) is 11.3 Å². The maximum absolute atomic E-state index is 14.2. The molecular weight excluding hydrogens is 278 g/mol. The summed E-state index contributed by atoms with van der Waals surface area (Å²) in [6.07, 6.45) is 1.60. The average molecular weight is 292 g/mol. The minimum absolute atomic E-state index is 0.00707. The summed E-state index contributed by atoms with van der Waals surface area (Å²) in [6, 6.07) is 0.286. The molecule has 2 aromatic rings. The van der Waals surface area contributed by atoms with Gasteiger partial charge in [-0.15, -0.1) is 0 Å². The number of hydrogen-bond donors (Lipinski definition) is 0. The van der Waals surface area contributed by atoms with Gasteiger partial charge in [-0.3, -0.25) is 4.98 Å². The number of rotatable bonds is 1. The highest BCUT2D eigenvalue weighted by molar-refractivity contribution is 5.89. The lowest BCUT2D eigenvalue weighted by Crippen LogP contribution is -2.30. The molecule has 7 heteroatoms. The van der Waals surface area contributed by atoms with Gasteiger partial charge in [0, 0.05) is 24.7 Å². The Bertz CT molecular complexity index is 724. The van der Waals surface area contributed by atoms with E-state index < -0.39 is 11.9 Å². The normalized spacial score (nSPS) is 24.8. The van der Waals surface area contributed by atoms with Crippen molar-refractivity contribution in [3.63, 3.8) is 0 Å². The molecule has 2 fully saturated rings. The molecule has 2 aliphatic rings. The molecule has 0 amide bonds. The van der Waals surface area contributed by atoms with Gasteiger partial charge in [0.25, 0.3) is 0 Å². The fourth-order valence-electron chi connectivity index (χ4n) is 2.94. The van der Waals surface area contributed by atoms with E-state index in [0.29, 0.717) is 30.3 Å². The van der Waals surface area contributed by atoms with Crippen molar-refractivity contribution in [3.8, 4) is 0 Å². The van der Waals surface area contributed by atoms with Crippen molar-refractivity contribution in [2.75, 3.05) is 24.7 Å². The highest BCUT2D eigenvalue weighted by atomic mass is 19.1. The Balaban J connectivity index is 1.90. The molecule has 0 bridgehead atoms. The van der Waals surface area contributed by atoms with Crippen LogP contribution in [-0.4, -0.2) is 40.8 Å². The van der Waals surface area contributed by atoms with Crippen LogP contribution in [0.2, 0.25) is 0 Å². The summed E-state index contributed by atoms with van der Waals surface area (Å²) < 4.78 is 33.4. The molecule has 0 spiro atoms. The molecule has 2 atom stereocenters. The standard InChI is InChI=1S/C14H14F2N4O/c1-7-11(15)12-9(5-17-7)13(19-14(16)18-12)20-2-3-21-6-8-4-10(8)20/h5,8,10H,2-4,6H2,1H3/t8?,10-/m1/s1. The number of hydrogen-bond acceptors (Lipinski definition) is 5. The molecule has 1 saturated carbocycles. The molecule has 1 aliphatic heterocycles. The van der Waals surface area contributed by atoms with Gasteiger partial charge in [0.15, 0.2) is 5.82 Å². The van der Waals surface area contributed by atoms with E-state index in [1.54, 1.807) is 0 Å². The topological polar surface area (TPSA) is 51.1 Å². The lowest BCUT2D eigenvalue weighted by molar-refractivity contribution is 0.139. The van der Waals surface area contributed by atoms with Gasteiger partial charge < -0.3 is 9.64 Å². The van der Waals surface area contributed by atoms with Crippen LogP contribution in [0, 0.1) is 24.7 Å². The van der Waals surface area contributed by atoms with E-state index >= 15 is 0 Å². The summed E-state index contributed by atoms with van der Waals surface area (Å²) >= 11 is 0. The summed E-state index contributed by atoms with van der Waals surface area (Å²) in [4.78, 5) is 13.5. The van der Waals surface area contributed by atoms with Crippen molar-refractivity contribution in [3.05, 3.63) is 23.8 Å². The van der Waals surface area contributed by atoms with Crippen molar-refractivity contribution >= 4 is 16.7 Å². The van der Waals surface area contributed by atoms with E-state index in [0.717, 1.165) is 13.0 Å². The number of pyridine rings is 1. The highest BCUT2D eigenvalue weighted by Crippen LogP contribution is 2.41. The van der Waals surface area contributed by atoms with Gasteiger partial charge in [0.05, 0.1) is 24.3 Å². The van der Waals surface area contributed by atoms with Gasteiger partial charge in [-0.05, 0) is 13.3 Å². The zero-order valence-electron chi connectivity index (χ0n) is 11.5. The molecule has 21 heavy (non-hydrogen) atoms. The number of ether oxygens (including phenoxy) is 1. The van der Waals surface area contributed by atoms with Crippen LogP contribution in [0.4, 0.5) is 14.6 Å². The summed E-state index contributed by atoms with van der Waals surface area (Å²) in [6.45, 7) is 3.42. The van der Waals surface area contributed by atoms with Crippen molar-refractivity contribution < 1.29 is 13.5 Å². The Labute approximate surface area is 120 Å². The molecule has 0 N–H and O–H groups in total. The first-order chi connectivity index (χ1) is 10.1. The third-order valence-corrected chi connectivity index (χ3v) is 4.18. The van der Waals surface area contributed by atoms with Crippen LogP contribution in [0.5, 0.6) is 0 Å². The Morgan fingerprint density at radius 1 is 1.33 bits per heavy atom. The number of nitrogens with zero attached hydrogens (tertiary/aromatic N) is 4. The Morgan fingerprint density at radius 2 is 2.19 bits per heavy atom. The molecule has 2 aromatic heterocycles. The highest BCUT2D eigenvalue weighted by Gasteiger charge is 2.44. The van der Waals surface area contributed by atoms with Gasteiger partial charge in [-0.25, -0.2) is 4.39 Å². The van der Waals surface area contributed by atoms with E-state index in [2.05, 4.69) is 15.0 Å². The second kappa shape index (κ2) is 4.56. The minimum Gasteiger partial charge on any atom is -0.379 e. The summed E-state index contributed by atoms with van der Waals surface area (Å²) in [5, 5.41) is 0.451. The van der Waals surface area contributed by atoms with E-state index in [1.807, 2.05) is 4.90 Å². The first-order valence-electron chi connectivity index (χ1n) is 6.98. The maximum Gasteiger partial charge on any atom is 0.311 e. The van der Waals surface area contributed by atoms with Crippen molar-refractivity contribution in [2.45, 2.75) is 19.4 Å². The van der Waals surface area contributed by atoms with Gasteiger partial charge >= 0.3 is 6.08 Å². The molecule has 4 rings (SSSR count). The fraction of sp³-hybridized carbons (Fsp3) is 0.500. The molecule has 1 unspecified atom stereocenters. The number of aryl methyl sites for hydroxylation is 1. The second-order valence-corrected chi connectivity index (χ2v) is 5.57. The van der Waals surface area contributed by atoms with Crippen LogP contribution >= 0.6 is 0 Å². The number of fused-ring (bicyclic) bond motifs is 2. The summed E-state index contributed by atoms with van der Waals surface area (Å²) in [5.41, 5.74) is 0.197. The van der Waals surface area contributed by atoms with Crippen LogP contribution < -0.4 is 4.90 Å². The zero-order valence-corrected chi connectivity index (χ0v) is 11.5. The number of aromatic nitrogens is 3. The molecule has 5 nitrogen and oxygen atoms in total. The van der Waals surface area contributed by atoms with Gasteiger partial charge in [-0.1, -0.05) is 0 Å². The average Bonchev–Trinajstić information content (AvgIpc) is 3.22. The molecular formula is C14H14F2N4O. The SMILES string of the molecule is Cc1ncc2c(N3CCOCC4C[C@H]43)nc(F)nc2c1F. The molecule has 0 radical (unpaired) electrons. The Kier molecular flexibility index (Phi) is 2.78. The van der Waals surface area contributed by atoms with Crippen LogP contribution in [-0.2, 0) is 4.74 Å². The zero-order chi connectivity index (χ0) is 14.6. The van der Waals surface area contributed by atoms with E-state index in [-0.39, 0.29) is 17.3 Å². The second-order valence-electron chi connectivity index (χ2n) is 5.57. The lowest BCUT2D eigenvalue weighted by atomic mass is 10.2. The number of anilines is 1. The van der Waals surface area contributed by atoms with E-state index in [9.17, 15) is 8.78 Å². The maximum atomic E-state index is 14.2.